The monoisotopic (exact) mass is 316 g/mol. The summed E-state index contributed by atoms with van der Waals surface area (Å²) in [5.74, 6) is 1.30. The van der Waals surface area contributed by atoms with Crippen LogP contribution in [-0.4, -0.2) is 45.7 Å². The van der Waals surface area contributed by atoms with Crippen LogP contribution in [0.15, 0.2) is 24.5 Å². The number of carbonyl (C=O) groups excluding carboxylic acids is 1. The molecule has 1 saturated heterocycles. The minimum absolute atomic E-state index is 0.215. The predicted octanol–water partition coefficient (Wildman–Crippen LogP) is 2.94. The fourth-order valence-corrected chi connectivity index (χ4v) is 2.79. The van der Waals surface area contributed by atoms with Crippen LogP contribution in [0.3, 0.4) is 0 Å². The maximum Gasteiger partial charge on any atom is 0.410 e. The first-order valence-electron chi connectivity index (χ1n) is 8.12. The molecule has 23 heavy (non-hydrogen) atoms. The number of carbonyl (C=O) groups is 1. The second-order valence-electron chi connectivity index (χ2n) is 7.19. The molecule has 0 saturated carbocycles. The van der Waals surface area contributed by atoms with Gasteiger partial charge in [-0.25, -0.2) is 14.8 Å². The number of nitrogens with zero attached hydrogens (tertiary/aromatic N) is 3. The van der Waals surface area contributed by atoms with Crippen LogP contribution in [0, 0.1) is 0 Å². The molecule has 1 aromatic rings. The van der Waals surface area contributed by atoms with Gasteiger partial charge in [0.25, 0.3) is 0 Å². The zero-order valence-corrected chi connectivity index (χ0v) is 14.0. The highest BCUT2D eigenvalue weighted by Crippen LogP contribution is 2.28. The van der Waals surface area contributed by atoms with Gasteiger partial charge in [-0.2, -0.15) is 0 Å². The molecule has 0 bridgehead atoms. The number of allylic oxidation sites excluding steroid dienone is 2. The first kappa shape index (κ1) is 15.8. The molecule has 1 aliphatic carbocycles. The van der Waals surface area contributed by atoms with E-state index < -0.39 is 5.60 Å². The average molecular weight is 316 g/mol. The summed E-state index contributed by atoms with van der Waals surface area (Å²) in [4.78, 5) is 22.3. The van der Waals surface area contributed by atoms with Gasteiger partial charge in [-0.05, 0) is 33.6 Å². The topological polar surface area (TPSA) is 67.3 Å². The molecular formula is C17H24N4O2. The van der Waals surface area contributed by atoms with Gasteiger partial charge in [0.15, 0.2) is 0 Å². The fraction of sp³-hybridized carbons (Fsp3) is 0.588. The summed E-state index contributed by atoms with van der Waals surface area (Å²) in [6.07, 6.45) is 7.85. The zero-order valence-electron chi connectivity index (χ0n) is 14.0. The first-order valence-corrected chi connectivity index (χ1v) is 8.12. The van der Waals surface area contributed by atoms with Gasteiger partial charge in [0.2, 0.25) is 0 Å². The normalized spacial score (nSPS) is 18.8. The lowest BCUT2D eigenvalue weighted by Gasteiger charge is -2.40. The quantitative estimate of drug-likeness (QED) is 0.868. The molecule has 2 aliphatic rings. The van der Waals surface area contributed by atoms with E-state index in [1.165, 1.54) is 0 Å². The SMILES string of the molecule is CC(C)(C)OC(=O)N1CC(Nc2cc(C3CC=CC3)ncn2)C1. The third-order valence-electron chi connectivity index (χ3n) is 4.00. The molecular weight excluding hydrogens is 292 g/mol. The maximum absolute atomic E-state index is 11.9. The summed E-state index contributed by atoms with van der Waals surface area (Å²) >= 11 is 0. The first-order chi connectivity index (χ1) is 10.9. The summed E-state index contributed by atoms with van der Waals surface area (Å²) in [7, 11) is 0. The van der Waals surface area contributed by atoms with Crippen molar-refractivity contribution in [2.75, 3.05) is 18.4 Å². The molecule has 6 nitrogen and oxygen atoms in total. The fourth-order valence-electron chi connectivity index (χ4n) is 2.79. The number of anilines is 1. The van der Waals surface area contributed by atoms with Crippen LogP contribution in [0.2, 0.25) is 0 Å². The minimum Gasteiger partial charge on any atom is -0.444 e. The summed E-state index contributed by atoms with van der Waals surface area (Å²) < 4.78 is 5.35. The Morgan fingerprint density at radius 1 is 1.26 bits per heavy atom. The Morgan fingerprint density at radius 3 is 2.61 bits per heavy atom. The molecule has 0 radical (unpaired) electrons. The number of hydrogen-bond donors (Lipinski definition) is 1. The van der Waals surface area contributed by atoms with E-state index in [0.717, 1.165) is 24.4 Å². The van der Waals surface area contributed by atoms with Gasteiger partial charge < -0.3 is 15.0 Å². The van der Waals surface area contributed by atoms with Crippen molar-refractivity contribution in [3.63, 3.8) is 0 Å². The molecule has 0 unspecified atom stereocenters. The van der Waals surface area contributed by atoms with Crippen molar-refractivity contribution in [1.29, 1.82) is 0 Å². The Labute approximate surface area is 136 Å². The van der Waals surface area contributed by atoms with Gasteiger partial charge in [-0.15, -0.1) is 0 Å². The molecule has 0 atom stereocenters. The van der Waals surface area contributed by atoms with Gasteiger partial charge >= 0.3 is 6.09 Å². The molecule has 1 aliphatic heterocycles. The molecule has 0 spiro atoms. The molecule has 1 fully saturated rings. The summed E-state index contributed by atoms with van der Waals surface area (Å²) in [6.45, 7) is 6.90. The van der Waals surface area contributed by atoms with Crippen molar-refractivity contribution in [2.45, 2.75) is 51.2 Å². The van der Waals surface area contributed by atoms with E-state index in [0.29, 0.717) is 19.0 Å². The number of nitrogens with one attached hydrogen (secondary N) is 1. The van der Waals surface area contributed by atoms with Crippen molar-refractivity contribution < 1.29 is 9.53 Å². The molecule has 1 aromatic heterocycles. The van der Waals surface area contributed by atoms with E-state index in [9.17, 15) is 4.79 Å². The van der Waals surface area contributed by atoms with Crippen LogP contribution >= 0.6 is 0 Å². The summed E-state index contributed by atoms with van der Waals surface area (Å²) in [5, 5.41) is 3.37. The number of aromatic nitrogens is 2. The Hall–Kier alpha value is -2.11. The van der Waals surface area contributed by atoms with Gasteiger partial charge in [-0.3, -0.25) is 0 Å². The number of likely N-dealkylation sites (tertiary alicyclic amines) is 1. The molecule has 6 heteroatoms. The average Bonchev–Trinajstić information content (AvgIpc) is 2.94. The van der Waals surface area contributed by atoms with Gasteiger partial charge in [0.05, 0.1) is 6.04 Å². The lowest BCUT2D eigenvalue weighted by Crippen LogP contribution is -2.58. The van der Waals surface area contributed by atoms with Crippen LogP contribution in [0.25, 0.3) is 0 Å². The lowest BCUT2D eigenvalue weighted by atomic mass is 10.0. The Morgan fingerprint density at radius 2 is 1.96 bits per heavy atom. The third kappa shape index (κ3) is 4.00. The van der Waals surface area contributed by atoms with E-state index in [1.54, 1.807) is 11.2 Å². The van der Waals surface area contributed by atoms with E-state index in [1.807, 2.05) is 26.8 Å². The molecule has 0 aromatic carbocycles. The Kier molecular flexibility index (Phi) is 4.24. The van der Waals surface area contributed by atoms with Crippen LogP contribution in [-0.2, 0) is 4.74 Å². The van der Waals surface area contributed by atoms with E-state index >= 15 is 0 Å². The number of amides is 1. The zero-order chi connectivity index (χ0) is 16.4. The van der Waals surface area contributed by atoms with Crippen LogP contribution in [0.5, 0.6) is 0 Å². The van der Waals surface area contributed by atoms with Crippen molar-refractivity contribution in [2.24, 2.45) is 0 Å². The predicted molar refractivity (Wildman–Crippen MR) is 88.4 cm³/mol. The van der Waals surface area contributed by atoms with Gasteiger partial charge in [0, 0.05) is 30.8 Å². The van der Waals surface area contributed by atoms with Crippen molar-refractivity contribution in [1.82, 2.24) is 14.9 Å². The summed E-state index contributed by atoms with van der Waals surface area (Å²) in [5.41, 5.74) is 0.628. The van der Waals surface area contributed by atoms with E-state index in [2.05, 4.69) is 27.4 Å². The van der Waals surface area contributed by atoms with Gasteiger partial charge in [0.1, 0.15) is 17.7 Å². The maximum atomic E-state index is 11.9. The van der Waals surface area contributed by atoms with Crippen molar-refractivity contribution in [3.05, 3.63) is 30.2 Å². The minimum atomic E-state index is -0.452. The van der Waals surface area contributed by atoms with Crippen molar-refractivity contribution >= 4 is 11.9 Å². The lowest BCUT2D eigenvalue weighted by molar-refractivity contribution is 0.0104. The highest BCUT2D eigenvalue weighted by molar-refractivity contribution is 5.69. The number of ether oxygens (including phenoxy) is 1. The smallest absolute Gasteiger partial charge is 0.410 e. The molecule has 1 N–H and O–H groups in total. The second kappa shape index (κ2) is 6.18. The highest BCUT2D eigenvalue weighted by Gasteiger charge is 2.33. The number of rotatable bonds is 3. The third-order valence-corrected chi connectivity index (χ3v) is 4.00. The van der Waals surface area contributed by atoms with E-state index in [4.69, 9.17) is 4.74 Å². The number of hydrogen-bond acceptors (Lipinski definition) is 5. The van der Waals surface area contributed by atoms with Crippen molar-refractivity contribution in [3.8, 4) is 0 Å². The van der Waals surface area contributed by atoms with Gasteiger partial charge in [-0.1, -0.05) is 12.2 Å². The van der Waals surface area contributed by atoms with Crippen LogP contribution < -0.4 is 5.32 Å². The largest absolute Gasteiger partial charge is 0.444 e. The Bertz CT molecular complexity index is 595. The van der Waals surface area contributed by atoms with Crippen LogP contribution in [0.4, 0.5) is 10.6 Å². The highest BCUT2D eigenvalue weighted by atomic mass is 16.6. The molecule has 3 rings (SSSR count). The van der Waals surface area contributed by atoms with E-state index in [-0.39, 0.29) is 12.1 Å². The molecule has 2 heterocycles. The molecule has 124 valence electrons. The molecule has 1 amide bonds. The van der Waals surface area contributed by atoms with Crippen LogP contribution in [0.1, 0.15) is 45.2 Å². The second-order valence-corrected chi connectivity index (χ2v) is 7.19. The summed E-state index contributed by atoms with van der Waals surface area (Å²) in [6, 6.07) is 2.24. The Balaban J connectivity index is 1.50. The standard InChI is InChI=1S/C17H24N4O2/c1-17(2,3)23-16(22)21-9-13(10-21)20-15-8-14(18-11-19-15)12-6-4-5-7-12/h4-5,8,11-13H,6-7,9-10H2,1-3H3,(H,18,19,20).